The van der Waals surface area contributed by atoms with Crippen LogP contribution in [0.1, 0.15) is 5.01 Å². The highest BCUT2D eigenvalue weighted by Gasteiger charge is 2.27. The third kappa shape index (κ3) is 3.90. The predicted molar refractivity (Wildman–Crippen MR) is 75.8 cm³/mol. The monoisotopic (exact) mass is 307 g/mol. The van der Waals surface area contributed by atoms with Crippen LogP contribution < -0.4 is 11.1 Å². The van der Waals surface area contributed by atoms with Gasteiger partial charge in [0, 0.05) is 12.3 Å². The molecule has 3 N–H and O–H groups in total. The Labute approximate surface area is 116 Å². The van der Waals surface area contributed by atoms with Gasteiger partial charge in [-0.15, -0.1) is 11.3 Å². The highest BCUT2D eigenvalue weighted by Crippen LogP contribution is 2.31. The van der Waals surface area contributed by atoms with E-state index in [0.717, 1.165) is 15.2 Å². The van der Waals surface area contributed by atoms with Crippen molar-refractivity contribution in [3.8, 4) is 0 Å². The van der Waals surface area contributed by atoms with E-state index in [1.54, 1.807) is 12.1 Å². The summed E-state index contributed by atoms with van der Waals surface area (Å²) in [6, 6.07) is 3.56. The topological polar surface area (TPSA) is 50.9 Å². The molecule has 0 aliphatic carbocycles. The van der Waals surface area contributed by atoms with Gasteiger partial charge in [0.15, 0.2) is 0 Å². The van der Waals surface area contributed by atoms with Crippen LogP contribution in [0.5, 0.6) is 0 Å². The Morgan fingerprint density at radius 2 is 2.16 bits per heavy atom. The summed E-state index contributed by atoms with van der Waals surface area (Å²) in [5.41, 5.74) is 3.62. The van der Waals surface area contributed by atoms with Crippen molar-refractivity contribution < 1.29 is 13.2 Å². The Bertz CT molecular complexity index is 580. The Hall–Kier alpha value is -1.15. The summed E-state index contributed by atoms with van der Waals surface area (Å²) in [7, 11) is 0. The van der Waals surface area contributed by atoms with Crippen LogP contribution in [0.25, 0.3) is 10.2 Å². The number of nitrogens with two attached hydrogens (primary N) is 1. The van der Waals surface area contributed by atoms with E-state index in [1.807, 2.05) is 6.92 Å². The summed E-state index contributed by atoms with van der Waals surface area (Å²) in [6.07, 6.45) is 0. The molecule has 3 nitrogen and oxygen atoms in total. The molecule has 0 amide bonds. The average molecular weight is 307 g/mol. The Kier molecular flexibility index (Phi) is 4.10. The van der Waals surface area contributed by atoms with E-state index >= 15 is 0 Å². The lowest BCUT2D eigenvalue weighted by Gasteiger charge is -2.10. The molecule has 0 spiro atoms. The van der Waals surface area contributed by atoms with Crippen molar-refractivity contribution in [2.45, 2.75) is 12.4 Å². The first-order chi connectivity index (χ1) is 8.85. The van der Waals surface area contributed by atoms with Crippen molar-refractivity contribution in [3.05, 3.63) is 17.1 Å². The highest BCUT2D eigenvalue weighted by molar-refractivity contribution is 8.00. The molecule has 1 heterocycles. The number of thiazole rings is 1. The number of aryl methyl sites for hydroxylation is 1. The first-order valence-corrected chi connectivity index (χ1v) is 7.26. The molecule has 0 saturated carbocycles. The van der Waals surface area contributed by atoms with Crippen LogP contribution in [-0.4, -0.2) is 22.8 Å². The fourth-order valence-electron chi connectivity index (χ4n) is 1.61. The molecule has 104 valence electrons. The van der Waals surface area contributed by atoms with Gasteiger partial charge in [0.2, 0.25) is 0 Å². The second-order valence-electron chi connectivity index (χ2n) is 3.86. The molecule has 0 aliphatic rings. The minimum atomic E-state index is -4.19. The van der Waals surface area contributed by atoms with Gasteiger partial charge < -0.3 is 11.1 Å². The van der Waals surface area contributed by atoms with Crippen molar-refractivity contribution >= 4 is 44.7 Å². The molecule has 2 aromatic rings. The number of thioether (sulfide) groups is 1. The Morgan fingerprint density at radius 1 is 1.42 bits per heavy atom. The van der Waals surface area contributed by atoms with E-state index in [2.05, 4.69) is 10.3 Å². The average Bonchev–Trinajstić information content (AvgIpc) is 2.62. The SMILES string of the molecule is Cc1nc2cc(NCCSC(F)(F)F)c(N)cc2s1. The van der Waals surface area contributed by atoms with Gasteiger partial charge >= 0.3 is 5.51 Å². The number of hydrogen-bond donors (Lipinski definition) is 2. The fraction of sp³-hybridized carbons (Fsp3) is 0.364. The summed E-state index contributed by atoms with van der Waals surface area (Å²) in [5.74, 6) is -0.0585. The third-order valence-electron chi connectivity index (χ3n) is 2.35. The van der Waals surface area contributed by atoms with Gasteiger partial charge in [-0.3, -0.25) is 0 Å². The number of nitrogen functional groups attached to an aromatic ring is 1. The fourth-order valence-corrected chi connectivity index (χ4v) is 2.90. The number of nitrogens with zero attached hydrogens (tertiary/aromatic N) is 1. The number of rotatable bonds is 4. The molecule has 2 rings (SSSR count). The molecule has 0 unspecified atom stereocenters. The predicted octanol–water partition coefficient (Wildman–Crippen LogP) is 3.85. The van der Waals surface area contributed by atoms with E-state index in [-0.39, 0.29) is 24.1 Å². The molecular formula is C11H12F3N3S2. The molecule has 1 aromatic carbocycles. The zero-order valence-corrected chi connectivity index (χ0v) is 11.7. The molecule has 1 aromatic heterocycles. The van der Waals surface area contributed by atoms with E-state index in [0.29, 0.717) is 11.4 Å². The number of fused-ring (bicyclic) bond motifs is 1. The van der Waals surface area contributed by atoms with Crippen LogP contribution in [-0.2, 0) is 0 Å². The number of nitrogens with one attached hydrogen (secondary N) is 1. The molecule has 0 saturated heterocycles. The van der Waals surface area contributed by atoms with Gasteiger partial charge in [-0.1, -0.05) is 0 Å². The van der Waals surface area contributed by atoms with Crippen molar-refractivity contribution in [1.29, 1.82) is 0 Å². The minimum Gasteiger partial charge on any atom is -0.397 e. The number of halogens is 3. The largest absolute Gasteiger partial charge is 0.441 e. The lowest BCUT2D eigenvalue weighted by Crippen LogP contribution is -2.10. The molecule has 8 heteroatoms. The van der Waals surface area contributed by atoms with Gasteiger partial charge in [-0.2, -0.15) is 13.2 Å². The maximum atomic E-state index is 12.0. The Balaban J connectivity index is 2.02. The van der Waals surface area contributed by atoms with Crippen LogP contribution >= 0.6 is 23.1 Å². The second kappa shape index (κ2) is 5.46. The first-order valence-electron chi connectivity index (χ1n) is 5.46. The maximum Gasteiger partial charge on any atom is 0.441 e. The number of aromatic nitrogens is 1. The molecule has 0 bridgehead atoms. The smallest absolute Gasteiger partial charge is 0.397 e. The van der Waals surface area contributed by atoms with E-state index in [9.17, 15) is 13.2 Å². The van der Waals surface area contributed by atoms with E-state index < -0.39 is 5.51 Å². The summed E-state index contributed by atoms with van der Waals surface area (Å²) in [5, 5.41) is 3.84. The Morgan fingerprint density at radius 3 is 2.84 bits per heavy atom. The molecule has 19 heavy (non-hydrogen) atoms. The number of anilines is 2. The molecule has 0 aliphatic heterocycles. The van der Waals surface area contributed by atoms with Crippen LogP contribution in [0.3, 0.4) is 0 Å². The second-order valence-corrected chi connectivity index (χ2v) is 6.26. The van der Waals surface area contributed by atoms with Crippen LogP contribution in [0, 0.1) is 6.92 Å². The summed E-state index contributed by atoms with van der Waals surface area (Å²) >= 11 is 1.48. The standard InChI is InChI=1S/C11H12F3N3S2/c1-6-17-9-5-8(7(15)4-10(9)19-6)16-2-3-18-11(12,13)14/h4-5,16H,2-3,15H2,1H3. The zero-order valence-electron chi connectivity index (χ0n) is 10.0. The molecular weight excluding hydrogens is 295 g/mol. The highest BCUT2D eigenvalue weighted by atomic mass is 32.2. The number of hydrogen-bond acceptors (Lipinski definition) is 5. The van der Waals surface area contributed by atoms with Crippen molar-refractivity contribution in [3.63, 3.8) is 0 Å². The molecule has 0 fully saturated rings. The van der Waals surface area contributed by atoms with E-state index in [4.69, 9.17) is 5.73 Å². The van der Waals surface area contributed by atoms with Gasteiger partial charge in [0.25, 0.3) is 0 Å². The van der Waals surface area contributed by atoms with Gasteiger partial charge in [-0.05, 0) is 30.8 Å². The first kappa shape index (κ1) is 14.3. The molecule has 0 radical (unpaired) electrons. The lowest BCUT2D eigenvalue weighted by molar-refractivity contribution is -0.0327. The maximum absolute atomic E-state index is 12.0. The van der Waals surface area contributed by atoms with Gasteiger partial charge in [-0.25, -0.2) is 4.98 Å². The summed E-state index contributed by atoms with van der Waals surface area (Å²) in [6.45, 7) is 2.09. The van der Waals surface area contributed by atoms with Gasteiger partial charge in [0.1, 0.15) is 0 Å². The third-order valence-corrected chi connectivity index (χ3v) is 4.02. The summed E-state index contributed by atoms with van der Waals surface area (Å²) < 4.78 is 36.9. The van der Waals surface area contributed by atoms with Crippen molar-refractivity contribution in [2.75, 3.05) is 23.3 Å². The minimum absolute atomic E-state index is 0.0505. The van der Waals surface area contributed by atoms with Crippen molar-refractivity contribution in [1.82, 2.24) is 4.98 Å². The summed E-state index contributed by atoms with van der Waals surface area (Å²) in [4.78, 5) is 4.32. The number of benzene rings is 1. The van der Waals surface area contributed by atoms with Gasteiger partial charge in [0.05, 0.1) is 26.6 Å². The normalized spacial score (nSPS) is 12.0. The lowest BCUT2D eigenvalue weighted by atomic mass is 10.2. The molecule has 0 atom stereocenters. The van der Waals surface area contributed by atoms with Crippen molar-refractivity contribution in [2.24, 2.45) is 0 Å². The van der Waals surface area contributed by atoms with Crippen LogP contribution in [0.15, 0.2) is 12.1 Å². The quantitative estimate of drug-likeness (QED) is 0.665. The zero-order chi connectivity index (χ0) is 14.0. The number of alkyl halides is 3. The van der Waals surface area contributed by atoms with Crippen LogP contribution in [0.4, 0.5) is 24.5 Å². The van der Waals surface area contributed by atoms with Crippen LogP contribution in [0.2, 0.25) is 0 Å². The van der Waals surface area contributed by atoms with E-state index in [1.165, 1.54) is 11.3 Å².